The van der Waals surface area contributed by atoms with Crippen molar-refractivity contribution >= 4 is 11.9 Å². The third kappa shape index (κ3) is 5.89. The molecule has 1 amide bonds. The molecule has 0 aromatic heterocycles. The highest BCUT2D eigenvalue weighted by Gasteiger charge is 2.20. The van der Waals surface area contributed by atoms with Gasteiger partial charge in [-0.1, -0.05) is 19.9 Å². The van der Waals surface area contributed by atoms with Gasteiger partial charge in [0.1, 0.15) is 6.04 Å². The molecule has 1 atom stereocenters. The molecule has 116 valence electrons. The molecule has 0 fully saturated rings. The predicted octanol–water partition coefficient (Wildman–Crippen LogP) is 2.51. The van der Waals surface area contributed by atoms with Crippen molar-refractivity contribution < 1.29 is 23.5 Å². The molecule has 1 unspecified atom stereocenters. The van der Waals surface area contributed by atoms with Crippen LogP contribution in [0.1, 0.15) is 32.3 Å². The Labute approximate surface area is 122 Å². The fourth-order valence-electron chi connectivity index (χ4n) is 1.91. The Hall–Kier alpha value is -1.98. The molecule has 0 heterocycles. The highest BCUT2D eigenvalue weighted by Crippen LogP contribution is 2.11. The van der Waals surface area contributed by atoms with Gasteiger partial charge in [0.2, 0.25) is 5.91 Å². The van der Waals surface area contributed by atoms with E-state index in [4.69, 9.17) is 5.11 Å². The van der Waals surface area contributed by atoms with Crippen LogP contribution >= 0.6 is 0 Å². The fraction of sp³-hybridized carbons (Fsp3) is 0.467. The van der Waals surface area contributed by atoms with E-state index in [9.17, 15) is 18.4 Å². The maximum absolute atomic E-state index is 13.0. The van der Waals surface area contributed by atoms with Gasteiger partial charge in [-0.05, 0) is 36.5 Å². The van der Waals surface area contributed by atoms with Crippen molar-refractivity contribution in [1.82, 2.24) is 5.32 Å². The average Bonchev–Trinajstić information content (AvgIpc) is 2.38. The molecule has 0 aliphatic carbocycles. The highest BCUT2D eigenvalue weighted by molar-refractivity contribution is 5.83. The number of carboxylic acids is 1. The van der Waals surface area contributed by atoms with E-state index in [2.05, 4.69) is 5.32 Å². The largest absolute Gasteiger partial charge is 0.480 e. The first kappa shape index (κ1) is 17.1. The van der Waals surface area contributed by atoms with Crippen molar-refractivity contribution in [1.29, 1.82) is 0 Å². The third-order valence-electron chi connectivity index (χ3n) is 2.97. The van der Waals surface area contributed by atoms with Crippen LogP contribution in [-0.4, -0.2) is 23.0 Å². The van der Waals surface area contributed by atoms with Gasteiger partial charge in [-0.2, -0.15) is 0 Å². The zero-order valence-electron chi connectivity index (χ0n) is 12.0. The minimum Gasteiger partial charge on any atom is -0.480 e. The number of rotatable bonds is 7. The number of aryl methyl sites for hydroxylation is 1. The van der Waals surface area contributed by atoms with Crippen molar-refractivity contribution in [3.05, 3.63) is 35.4 Å². The summed E-state index contributed by atoms with van der Waals surface area (Å²) in [5.74, 6) is -3.27. The second-order valence-electron chi connectivity index (χ2n) is 5.34. The van der Waals surface area contributed by atoms with Crippen molar-refractivity contribution in [3.8, 4) is 0 Å². The lowest BCUT2D eigenvalue weighted by Gasteiger charge is -2.16. The van der Waals surface area contributed by atoms with E-state index < -0.39 is 29.6 Å². The lowest BCUT2D eigenvalue weighted by molar-refractivity contribution is -0.142. The van der Waals surface area contributed by atoms with Crippen LogP contribution in [0.2, 0.25) is 0 Å². The van der Waals surface area contributed by atoms with E-state index in [1.807, 2.05) is 13.8 Å². The quantitative estimate of drug-likeness (QED) is 0.813. The summed E-state index contributed by atoms with van der Waals surface area (Å²) >= 11 is 0. The number of nitrogens with one attached hydrogen (secondary N) is 1. The molecule has 2 N–H and O–H groups in total. The van der Waals surface area contributed by atoms with Crippen LogP contribution in [0.4, 0.5) is 8.78 Å². The van der Waals surface area contributed by atoms with Crippen LogP contribution < -0.4 is 5.32 Å². The molecule has 0 radical (unpaired) electrons. The smallest absolute Gasteiger partial charge is 0.326 e. The van der Waals surface area contributed by atoms with Gasteiger partial charge < -0.3 is 10.4 Å². The van der Waals surface area contributed by atoms with Crippen LogP contribution in [0, 0.1) is 17.6 Å². The number of carboxylic acid groups (broad SMARTS) is 1. The summed E-state index contributed by atoms with van der Waals surface area (Å²) in [6.07, 6.45) is 0.580. The normalized spacial score (nSPS) is 12.2. The monoisotopic (exact) mass is 299 g/mol. The van der Waals surface area contributed by atoms with Gasteiger partial charge in [0, 0.05) is 6.42 Å². The predicted molar refractivity (Wildman–Crippen MR) is 73.7 cm³/mol. The molecule has 0 spiro atoms. The van der Waals surface area contributed by atoms with Crippen LogP contribution in [0.15, 0.2) is 18.2 Å². The van der Waals surface area contributed by atoms with E-state index in [0.29, 0.717) is 12.0 Å². The standard InChI is InChI=1S/C15H19F2NO3/c1-9(2)7-13(15(20)21)18-14(19)6-4-10-3-5-11(16)12(17)8-10/h3,5,8-9,13H,4,6-7H2,1-2H3,(H,18,19)(H,20,21). The number of benzene rings is 1. The molecule has 0 aliphatic heterocycles. The first-order chi connectivity index (χ1) is 9.79. The maximum atomic E-state index is 13.0. The fourth-order valence-corrected chi connectivity index (χ4v) is 1.91. The van der Waals surface area contributed by atoms with E-state index >= 15 is 0 Å². The molecule has 21 heavy (non-hydrogen) atoms. The first-order valence-electron chi connectivity index (χ1n) is 6.75. The molecule has 0 aliphatic rings. The molecule has 1 aromatic rings. The summed E-state index contributed by atoms with van der Waals surface area (Å²) < 4.78 is 25.8. The summed E-state index contributed by atoms with van der Waals surface area (Å²) in [5.41, 5.74) is 0.486. The molecule has 1 rings (SSSR count). The molecular formula is C15H19F2NO3. The second kappa shape index (κ2) is 7.71. The molecule has 1 aromatic carbocycles. The van der Waals surface area contributed by atoms with Gasteiger partial charge in [0.15, 0.2) is 11.6 Å². The minimum atomic E-state index is -1.08. The number of hydrogen-bond donors (Lipinski definition) is 2. The van der Waals surface area contributed by atoms with E-state index in [1.165, 1.54) is 6.07 Å². The lowest BCUT2D eigenvalue weighted by atomic mass is 10.0. The Morgan fingerprint density at radius 3 is 2.43 bits per heavy atom. The Balaban J connectivity index is 2.52. The van der Waals surface area contributed by atoms with Gasteiger partial charge in [-0.3, -0.25) is 4.79 Å². The zero-order valence-corrected chi connectivity index (χ0v) is 12.0. The number of amides is 1. The van der Waals surface area contributed by atoms with E-state index in [0.717, 1.165) is 12.1 Å². The van der Waals surface area contributed by atoms with Gasteiger partial charge in [-0.15, -0.1) is 0 Å². The van der Waals surface area contributed by atoms with Crippen LogP contribution in [0.25, 0.3) is 0 Å². The first-order valence-corrected chi connectivity index (χ1v) is 6.75. The van der Waals surface area contributed by atoms with Crippen LogP contribution in [0.5, 0.6) is 0 Å². The van der Waals surface area contributed by atoms with Gasteiger partial charge >= 0.3 is 5.97 Å². The number of carbonyl (C=O) groups excluding carboxylic acids is 1. The number of halogens is 2. The maximum Gasteiger partial charge on any atom is 0.326 e. The average molecular weight is 299 g/mol. The van der Waals surface area contributed by atoms with Crippen molar-refractivity contribution in [2.45, 2.75) is 39.2 Å². The highest BCUT2D eigenvalue weighted by atomic mass is 19.2. The van der Waals surface area contributed by atoms with Crippen molar-refractivity contribution in [2.75, 3.05) is 0 Å². The van der Waals surface area contributed by atoms with Gasteiger partial charge in [0.05, 0.1) is 0 Å². The van der Waals surface area contributed by atoms with Crippen molar-refractivity contribution in [3.63, 3.8) is 0 Å². The Morgan fingerprint density at radius 1 is 1.24 bits per heavy atom. The molecule has 0 saturated carbocycles. The van der Waals surface area contributed by atoms with Crippen molar-refractivity contribution in [2.24, 2.45) is 5.92 Å². The molecule has 0 saturated heterocycles. The lowest BCUT2D eigenvalue weighted by Crippen LogP contribution is -2.41. The van der Waals surface area contributed by atoms with Gasteiger partial charge in [0.25, 0.3) is 0 Å². The SMILES string of the molecule is CC(C)CC(NC(=O)CCc1ccc(F)c(F)c1)C(=O)O. The molecule has 4 nitrogen and oxygen atoms in total. The second-order valence-corrected chi connectivity index (χ2v) is 5.34. The summed E-state index contributed by atoms with van der Waals surface area (Å²) in [6.45, 7) is 3.73. The van der Waals surface area contributed by atoms with E-state index in [-0.39, 0.29) is 18.8 Å². The molecule has 0 bridgehead atoms. The molecular weight excluding hydrogens is 280 g/mol. The topological polar surface area (TPSA) is 66.4 Å². The van der Waals surface area contributed by atoms with Crippen LogP contribution in [0.3, 0.4) is 0 Å². The number of hydrogen-bond acceptors (Lipinski definition) is 2. The number of aliphatic carboxylic acids is 1. The Bertz CT molecular complexity index is 518. The summed E-state index contributed by atoms with van der Waals surface area (Å²) in [6, 6.07) is 2.50. The van der Waals surface area contributed by atoms with E-state index in [1.54, 1.807) is 0 Å². The molecule has 6 heteroatoms. The van der Waals surface area contributed by atoms with Gasteiger partial charge in [-0.25, -0.2) is 13.6 Å². The Morgan fingerprint density at radius 2 is 1.90 bits per heavy atom. The summed E-state index contributed by atoms with van der Waals surface area (Å²) in [5, 5.41) is 11.5. The Kier molecular flexibility index (Phi) is 6.27. The van der Waals surface area contributed by atoms with Crippen LogP contribution in [-0.2, 0) is 16.0 Å². The minimum absolute atomic E-state index is 0.0208. The summed E-state index contributed by atoms with van der Waals surface area (Å²) in [7, 11) is 0. The third-order valence-corrected chi connectivity index (χ3v) is 2.97. The zero-order chi connectivity index (χ0) is 16.0. The number of carbonyl (C=O) groups is 2. The summed E-state index contributed by atoms with van der Waals surface area (Å²) in [4.78, 5) is 22.7.